The van der Waals surface area contributed by atoms with Gasteiger partial charge in [-0.25, -0.2) is 4.98 Å². The molecule has 18 heavy (non-hydrogen) atoms. The van der Waals surface area contributed by atoms with Crippen LogP contribution < -0.4 is 0 Å². The van der Waals surface area contributed by atoms with Crippen molar-refractivity contribution < 1.29 is 9.90 Å². The van der Waals surface area contributed by atoms with E-state index in [0.29, 0.717) is 18.8 Å². The molecule has 0 aliphatic carbocycles. The molecule has 1 aromatic rings. The van der Waals surface area contributed by atoms with Gasteiger partial charge < -0.3 is 19.5 Å². The van der Waals surface area contributed by atoms with E-state index in [1.54, 1.807) is 22.0 Å². The van der Waals surface area contributed by atoms with Crippen LogP contribution in [-0.4, -0.2) is 70.2 Å². The number of likely N-dealkylation sites (N-methyl/N-ethyl adjacent to an activating group) is 1. The van der Waals surface area contributed by atoms with Crippen LogP contribution in [0, 0.1) is 5.92 Å². The van der Waals surface area contributed by atoms with Gasteiger partial charge in [0.25, 0.3) is 5.91 Å². The fourth-order valence-electron chi connectivity index (χ4n) is 2.51. The van der Waals surface area contributed by atoms with Gasteiger partial charge in [0.15, 0.2) is 0 Å². The molecule has 1 fully saturated rings. The lowest BCUT2D eigenvalue weighted by Crippen LogP contribution is -2.37. The zero-order valence-electron chi connectivity index (χ0n) is 11.1. The van der Waals surface area contributed by atoms with Gasteiger partial charge in [-0.15, -0.1) is 0 Å². The van der Waals surface area contributed by atoms with Gasteiger partial charge in [0.05, 0.1) is 12.5 Å². The van der Waals surface area contributed by atoms with Crippen molar-refractivity contribution in [2.75, 3.05) is 33.8 Å². The van der Waals surface area contributed by atoms with Crippen molar-refractivity contribution in [3.8, 4) is 0 Å². The van der Waals surface area contributed by atoms with Gasteiger partial charge in [-0.1, -0.05) is 0 Å². The number of carbonyl (C=O) groups is 1. The third kappa shape index (κ3) is 2.26. The lowest BCUT2D eigenvalue weighted by Gasteiger charge is -2.23. The maximum absolute atomic E-state index is 12.3. The molecular weight excluding hydrogens is 232 g/mol. The fourth-order valence-corrected chi connectivity index (χ4v) is 2.51. The first kappa shape index (κ1) is 13.0. The third-order valence-electron chi connectivity index (χ3n) is 3.63. The number of aryl methyl sites for hydroxylation is 1. The highest BCUT2D eigenvalue weighted by Gasteiger charge is 2.36. The average molecular weight is 252 g/mol. The van der Waals surface area contributed by atoms with Gasteiger partial charge in [-0.2, -0.15) is 0 Å². The van der Waals surface area contributed by atoms with Crippen molar-refractivity contribution in [3.05, 3.63) is 18.2 Å². The molecule has 0 radical (unpaired) electrons. The van der Waals surface area contributed by atoms with E-state index in [9.17, 15) is 9.90 Å². The second-order valence-corrected chi connectivity index (χ2v) is 5.07. The minimum absolute atomic E-state index is 0.0159. The summed E-state index contributed by atoms with van der Waals surface area (Å²) >= 11 is 0. The number of aliphatic hydroxyl groups is 1. The summed E-state index contributed by atoms with van der Waals surface area (Å²) in [6.45, 7) is 1.36. The number of aromatic nitrogens is 2. The first-order valence-electron chi connectivity index (χ1n) is 6.07. The molecule has 100 valence electrons. The van der Waals surface area contributed by atoms with E-state index in [0.717, 1.165) is 0 Å². The summed E-state index contributed by atoms with van der Waals surface area (Å²) < 4.78 is 1.72. The number of hydrogen-bond donors (Lipinski definition) is 1. The molecule has 1 aliphatic rings. The number of likely N-dealkylation sites (tertiary alicyclic amines) is 1. The lowest BCUT2D eigenvalue weighted by molar-refractivity contribution is 0.0769. The number of carbonyl (C=O) groups excluding carboxylic acids is 1. The van der Waals surface area contributed by atoms with E-state index in [2.05, 4.69) is 9.88 Å². The van der Waals surface area contributed by atoms with Crippen LogP contribution in [0.3, 0.4) is 0 Å². The highest BCUT2D eigenvalue weighted by atomic mass is 16.3. The topological polar surface area (TPSA) is 61.6 Å². The molecule has 0 bridgehead atoms. The summed E-state index contributed by atoms with van der Waals surface area (Å²) in [7, 11) is 5.76. The van der Waals surface area contributed by atoms with E-state index < -0.39 is 0 Å². The van der Waals surface area contributed by atoms with Gasteiger partial charge >= 0.3 is 0 Å². The van der Waals surface area contributed by atoms with E-state index in [1.165, 1.54) is 0 Å². The van der Waals surface area contributed by atoms with Crippen LogP contribution in [0.25, 0.3) is 0 Å². The van der Waals surface area contributed by atoms with Crippen LogP contribution in [0.1, 0.15) is 10.5 Å². The Kier molecular flexibility index (Phi) is 3.68. The zero-order chi connectivity index (χ0) is 13.3. The van der Waals surface area contributed by atoms with Crippen molar-refractivity contribution in [2.45, 2.75) is 6.04 Å². The molecule has 1 N–H and O–H groups in total. The van der Waals surface area contributed by atoms with E-state index >= 15 is 0 Å². The van der Waals surface area contributed by atoms with Crippen LogP contribution in [0.5, 0.6) is 0 Å². The number of amides is 1. The second-order valence-electron chi connectivity index (χ2n) is 5.07. The van der Waals surface area contributed by atoms with Crippen molar-refractivity contribution in [1.82, 2.24) is 19.4 Å². The van der Waals surface area contributed by atoms with E-state index in [-0.39, 0.29) is 24.5 Å². The van der Waals surface area contributed by atoms with Crippen LogP contribution in [-0.2, 0) is 7.05 Å². The average Bonchev–Trinajstić information content (AvgIpc) is 2.93. The molecule has 0 unspecified atom stereocenters. The smallest absolute Gasteiger partial charge is 0.272 e. The van der Waals surface area contributed by atoms with Gasteiger partial charge in [-0.3, -0.25) is 4.79 Å². The predicted octanol–water partition coefficient (Wildman–Crippen LogP) is -0.585. The minimum atomic E-state index is -0.0159. The molecule has 1 aromatic heterocycles. The Balaban J connectivity index is 2.12. The van der Waals surface area contributed by atoms with Crippen LogP contribution >= 0.6 is 0 Å². The largest absolute Gasteiger partial charge is 0.396 e. The van der Waals surface area contributed by atoms with Crippen molar-refractivity contribution >= 4 is 5.91 Å². The molecule has 6 heteroatoms. The van der Waals surface area contributed by atoms with Gasteiger partial charge in [0.2, 0.25) is 0 Å². The zero-order valence-corrected chi connectivity index (χ0v) is 11.1. The monoisotopic (exact) mass is 252 g/mol. The van der Waals surface area contributed by atoms with Crippen LogP contribution in [0.4, 0.5) is 0 Å². The summed E-state index contributed by atoms with van der Waals surface area (Å²) in [4.78, 5) is 20.1. The predicted molar refractivity (Wildman–Crippen MR) is 67.2 cm³/mol. The Labute approximate surface area is 107 Å². The van der Waals surface area contributed by atoms with Crippen LogP contribution in [0.15, 0.2) is 12.5 Å². The Morgan fingerprint density at radius 2 is 2.28 bits per heavy atom. The Bertz CT molecular complexity index is 429. The normalized spacial score (nSPS) is 23.9. The summed E-state index contributed by atoms with van der Waals surface area (Å²) in [5.74, 6) is 0.106. The van der Waals surface area contributed by atoms with Gasteiger partial charge in [-0.05, 0) is 14.1 Å². The molecule has 0 saturated carbocycles. The molecule has 2 rings (SSSR count). The SMILES string of the molecule is CN(C)[C@@H]1CN(C(=O)c2cncn2C)C[C@H]1CO. The molecule has 0 aromatic carbocycles. The van der Waals surface area contributed by atoms with E-state index in [4.69, 9.17) is 0 Å². The summed E-state index contributed by atoms with van der Waals surface area (Å²) in [6, 6.07) is 0.215. The number of rotatable bonds is 3. The third-order valence-corrected chi connectivity index (χ3v) is 3.63. The van der Waals surface area contributed by atoms with E-state index in [1.807, 2.05) is 21.1 Å². The molecule has 6 nitrogen and oxygen atoms in total. The number of nitrogens with zero attached hydrogens (tertiary/aromatic N) is 4. The van der Waals surface area contributed by atoms with Crippen molar-refractivity contribution in [2.24, 2.45) is 13.0 Å². The molecule has 2 atom stereocenters. The minimum Gasteiger partial charge on any atom is -0.396 e. The molecule has 1 amide bonds. The van der Waals surface area contributed by atoms with Crippen molar-refractivity contribution in [3.63, 3.8) is 0 Å². The maximum atomic E-state index is 12.3. The molecule has 2 heterocycles. The fraction of sp³-hybridized carbons (Fsp3) is 0.667. The first-order valence-corrected chi connectivity index (χ1v) is 6.07. The first-order chi connectivity index (χ1) is 8.54. The van der Waals surface area contributed by atoms with Crippen molar-refractivity contribution in [1.29, 1.82) is 0 Å². The highest BCUT2D eigenvalue weighted by Crippen LogP contribution is 2.21. The van der Waals surface area contributed by atoms with Gasteiger partial charge in [0.1, 0.15) is 5.69 Å². The maximum Gasteiger partial charge on any atom is 0.272 e. The molecule has 0 spiro atoms. The highest BCUT2D eigenvalue weighted by molar-refractivity contribution is 5.92. The lowest BCUT2D eigenvalue weighted by atomic mass is 10.0. The Morgan fingerprint density at radius 3 is 2.72 bits per heavy atom. The summed E-state index contributed by atoms with van der Waals surface area (Å²) in [5.41, 5.74) is 0.589. The summed E-state index contributed by atoms with van der Waals surface area (Å²) in [5, 5.41) is 9.39. The van der Waals surface area contributed by atoms with Crippen LogP contribution in [0.2, 0.25) is 0 Å². The number of imidazole rings is 1. The Hall–Kier alpha value is -1.40. The molecule has 1 aliphatic heterocycles. The molecular formula is C12H20N4O2. The van der Waals surface area contributed by atoms with Gasteiger partial charge in [0, 0.05) is 38.7 Å². The quantitative estimate of drug-likeness (QED) is 0.781. The summed E-state index contributed by atoms with van der Waals surface area (Å²) in [6.07, 6.45) is 3.20. The standard InChI is InChI=1S/C12H20N4O2/c1-14(2)11-6-16(5-9(11)7-17)12(18)10-4-13-8-15(10)3/h4,8-9,11,17H,5-7H2,1-3H3/t9-,11+/m0/s1. The second kappa shape index (κ2) is 5.07. The number of aliphatic hydroxyl groups excluding tert-OH is 1. The Morgan fingerprint density at radius 1 is 1.56 bits per heavy atom. The molecule has 1 saturated heterocycles. The number of hydrogen-bond acceptors (Lipinski definition) is 4.